The van der Waals surface area contributed by atoms with E-state index in [9.17, 15) is 19.2 Å². The molecule has 2 aromatic carbocycles. The Morgan fingerprint density at radius 1 is 1.05 bits per heavy atom. The molecule has 10 nitrogen and oxygen atoms in total. The second-order valence-electron chi connectivity index (χ2n) is 10.3. The first-order valence-corrected chi connectivity index (χ1v) is 13.1. The first-order chi connectivity index (χ1) is 18.3. The van der Waals surface area contributed by atoms with Crippen molar-refractivity contribution in [2.75, 3.05) is 6.54 Å². The molecule has 0 unspecified atom stereocenters. The number of carbonyl (C=O) groups excluding carboxylic acids is 2. The number of nitrogens with one attached hydrogen (secondary N) is 2. The number of aromatic nitrogens is 4. The number of benzene rings is 2. The highest BCUT2D eigenvalue weighted by molar-refractivity contribution is 5.98. The van der Waals surface area contributed by atoms with Crippen LogP contribution in [-0.4, -0.2) is 43.1 Å². The van der Waals surface area contributed by atoms with Crippen LogP contribution in [-0.2, 0) is 17.9 Å². The van der Waals surface area contributed by atoms with Gasteiger partial charge >= 0.3 is 5.69 Å². The molecule has 198 valence electrons. The minimum absolute atomic E-state index is 0.110. The van der Waals surface area contributed by atoms with Crippen LogP contribution in [0, 0.1) is 5.92 Å². The molecule has 5 rings (SSSR count). The third-order valence-electron chi connectivity index (χ3n) is 6.91. The fourth-order valence-corrected chi connectivity index (χ4v) is 4.95. The average Bonchev–Trinajstić information content (AvgIpc) is 3.53. The summed E-state index contributed by atoms with van der Waals surface area (Å²) in [5, 5.41) is 10.6. The van der Waals surface area contributed by atoms with Crippen LogP contribution in [0.5, 0.6) is 0 Å². The lowest BCUT2D eigenvalue weighted by Crippen LogP contribution is -2.37. The summed E-state index contributed by atoms with van der Waals surface area (Å²) in [5.41, 5.74) is 0.588. The average molecular weight is 517 g/mol. The Morgan fingerprint density at radius 3 is 2.50 bits per heavy atom. The molecule has 1 aliphatic rings. The van der Waals surface area contributed by atoms with Gasteiger partial charge in [-0.25, -0.2) is 13.9 Å². The summed E-state index contributed by atoms with van der Waals surface area (Å²) < 4.78 is 3.84. The molecule has 0 saturated heterocycles. The van der Waals surface area contributed by atoms with Crippen LogP contribution in [0.15, 0.2) is 58.1 Å². The molecule has 1 saturated carbocycles. The molecule has 2 N–H and O–H groups in total. The van der Waals surface area contributed by atoms with Crippen molar-refractivity contribution in [1.29, 1.82) is 0 Å². The van der Waals surface area contributed by atoms with E-state index >= 15 is 0 Å². The Balaban J connectivity index is 1.63. The maximum absolute atomic E-state index is 13.6. The number of fused-ring (bicyclic) bond motifs is 3. The molecule has 0 spiro atoms. The first-order valence-electron chi connectivity index (χ1n) is 13.1. The highest BCUT2D eigenvalue weighted by Crippen LogP contribution is 2.18. The third-order valence-corrected chi connectivity index (χ3v) is 6.91. The van der Waals surface area contributed by atoms with Gasteiger partial charge in [0.1, 0.15) is 6.54 Å². The second kappa shape index (κ2) is 10.6. The lowest BCUT2D eigenvalue weighted by atomic mass is 10.1. The Morgan fingerprint density at radius 2 is 1.79 bits per heavy atom. The summed E-state index contributed by atoms with van der Waals surface area (Å²) in [6.07, 6.45) is 4.00. The summed E-state index contributed by atoms with van der Waals surface area (Å²) in [7, 11) is 0. The summed E-state index contributed by atoms with van der Waals surface area (Å²) >= 11 is 0. The molecule has 1 aliphatic carbocycles. The number of hydrogen-bond donors (Lipinski definition) is 2. The lowest BCUT2D eigenvalue weighted by Gasteiger charge is -2.11. The molecule has 1 fully saturated rings. The number of carbonyl (C=O) groups is 2. The summed E-state index contributed by atoms with van der Waals surface area (Å²) in [4.78, 5) is 52.7. The summed E-state index contributed by atoms with van der Waals surface area (Å²) in [5.74, 6) is -0.201. The smallest absolute Gasteiger partial charge is 0.352 e. The van der Waals surface area contributed by atoms with E-state index in [1.165, 1.54) is 15.0 Å². The third kappa shape index (κ3) is 5.11. The molecule has 0 aliphatic heterocycles. The quantitative estimate of drug-likeness (QED) is 0.373. The Labute approximate surface area is 219 Å². The van der Waals surface area contributed by atoms with Crippen molar-refractivity contribution in [3.63, 3.8) is 0 Å². The molecule has 4 aromatic rings. The SMILES string of the molecule is CC(C)CNC(=O)c1ccc2c(=O)n(Cc3ccccc3)c3nn(CC(=O)NC4CCCC4)c(=O)n3c2c1. The Hall–Kier alpha value is -4.21. The van der Waals surface area contributed by atoms with Crippen molar-refractivity contribution < 1.29 is 9.59 Å². The van der Waals surface area contributed by atoms with Gasteiger partial charge in [0.15, 0.2) is 0 Å². The van der Waals surface area contributed by atoms with Gasteiger partial charge in [-0.2, -0.15) is 0 Å². The minimum atomic E-state index is -0.548. The van der Waals surface area contributed by atoms with Gasteiger partial charge in [0.25, 0.3) is 11.5 Å². The number of amides is 2. The Kier molecular flexibility index (Phi) is 7.13. The summed E-state index contributed by atoms with van der Waals surface area (Å²) in [6, 6.07) is 14.2. The molecular formula is C28H32N6O4. The van der Waals surface area contributed by atoms with Gasteiger partial charge < -0.3 is 10.6 Å². The van der Waals surface area contributed by atoms with Crippen LogP contribution in [0.1, 0.15) is 55.5 Å². The van der Waals surface area contributed by atoms with Crippen molar-refractivity contribution >= 4 is 28.5 Å². The van der Waals surface area contributed by atoms with Crippen molar-refractivity contribution in [3.8, 4) is 0 Å². The molecule has 10 heteroatoms. The Bertz CT molecular complexity index is 1610. The fraction of sp³-hybridized carbons (Fsp3) is 0.393. The van der Waals surface area contributed by atoms with Crippen LogP contribution in [0.2, 0.25) is 0 Å². The van der Waals surface area contributed by atoms with Gasteiger partial charge in [0.2, 0.25) is 11.7 Å². The van der Waals surface area contributed by atoms with Crippen LogP contribution >= 0.6 is 0 Å². The molecule has 0 atom stereocenters. The van der Waals surface area contributed by atoms with Crippen LogP contribution in [0.4, 0.5) is 0 Å². The molecular weight excluding hydrogens is 484 g/mol. The van der Waals surface area contributed by atoms with Crippen molar-refractivity contribution in [2.24, 2.45) is 5.92 Å². The van der Waals surface area contributed by atoms with E-state index in [-0.39, 0.29) is 59.1 Å². The highest BCUT2D eigenvalue weighted by Gasteiger charge is 2.22. The topological polar surface area (TPSA) is 120 Å². The van der Waals surface area contributed by atoms with E-state index < -0.39 is 5.69 Å². The molecule has 0 bridgehead atoms. The maximum atomic E-state index is 13.6. The van der Waals surface area contributed by atoms with Gasteiger partial charge in [0.05, 0.1) is 17.4 Å². The zero-order chi connectivity index (χ0) is 26.8. The number of hydrogen-bond acceptors (Lipinski definition) is 5. The van der Waals surface area contributed by atoms with Crippen LogP contribution in [0.3, 0.4) is 0 Å². The normalized spacial score (nSPS) is 14.0. The van der Waals surface area contributed by atoms with Gasteiger partial charge in [-0.15, -0.1) is 5.10 Å². The van der Waals surface area contributed by atoms with Gasteiger partial charge in [-0.1, -0.05) is 57.0 Å². The molecule has 2 aromatic heterocycles. The fourth-order valence-electron chi connectivity index (χ4n) is 4.95. The van der Waals surface area contributed by atoms with Crippen molar-refractivity contribution in [3.05, 3.63) is 80.5 Å². The highest BCUT2D eigenvalue weighted by atomic mass is 16.2. The lowest BCUT2D eigenvalue weighted by molar-refractivity contribution is -0.122. The van der Waals surface area contributed by atoms with E-state index in [0.717, 1.165) is 35.9 Å². The van der Waals surface area contributed by atoms with Crippen LogP contribution in [0.25, 0.3) is 16.7 Å². The van der Waals surface area contributed by atoms with E-state index in [4.69, 9.17) is 0 Å². The molecule has 2 amide bonds. The summed E-state index contributed by atoms with van der Waals surface area (Å²) in [6.45, 7) is 4.43. The van der Waals surface area contributed by atoms with E-state index in [2.05, 4.69) is 15.7 Å². The minimum Gasteiger partial charge on any atom is -0.352 e. The van der Waals surface area contributed by atoms with Crippen molar-refractivity contribution in [1.82, 2.24) is 29.4 Å². The largest absolute Gasteiger partial charge is 0.352 e. The maximum Gasteiger partial charge on any atom is 0.352 e. The van der Waals surface area contributed by atoms with Gasteiger partial charge in [-0.3, -0.25) is 19.0 Å². The van der Waals surface area contributed by atoms with E-state index in [1.54, 1.807) is 12.1 Å². The van der Waals surface area contributed by atoms with Gasteiger partial charge in [0, 0.05) is 18.2 Å². The number of nitrogens with zero attached hydrogens (tertiary/aromatic N) is 4. The molecule has 38 heavy (non-hydrogen) atoms. The molecule has 2 heterocycles. The zero-order valence-electron chi connectivity index (χ0n) is 21.6. The molecule has 0 radical (unpaired) electrons. The van der Waals surface area contributed by atoms with Crippen LogP contribution < -0.4 is 21.9 Å². The predicted octanol–water partition coefficient (Wildman–Crippen LogP) is 2.30. The first kappa shape index (κ1) is 25.4. The number of rotatable bonds is 8. The predicted molar refractivity (Wildman–Crippen MR) is 144 cm³/mol. The monoisotopic (exact) mass is 516 g/mol. The van der Waals surface area contributed by atoms with Crippen molar-refractivity contribution in [2.45, 2.75) is 58.7 Å². The second-order valence-corrected chi connectivity index (χ2v) is 10.3. The standard InChI is InChI=1S/C28H32N6O4/c1-18(2)15-29-25(36)20-12-13-22-23(14-20)34-27(32(26(22)37)16-19-8-4-3-5-9-19)31-33(28(34)38)17-24(35)30-21-10-6-7-11-21/h3-5,8-9,12-14,18,21H,6-7,10-11,15-17H2,1-2H3,(H,29,36)(H,30,35). The zero-order valence-corrected chi connectivity index (χ0v) is 21.6. The van der Waals surface area contributed by atoms with E-state index in [0.29, 0.717) is 12.1 Å². The van der Waals surface area contributed by atoms with Gasteiger partial charge in [-0.05, 0) is 42.5 Å². The van der Waals surface area contributed by atoms with E-state index in [1.807, 2.05) is 44.2 Å².